The van der Waals surface area contributed by atoms with Crippen LogP contribution in [0.1, 0.15) is 25.0 Å². The van der Waals surface area contributed by atoms with Crippen molar-refractivity contribution in [2.45, 2.75) is 20.4 Å². The summed E-state index contributed by atoms with van der Waals surface area (Å²) < 4.78 is 0. The average molecular weight is 230 g/mol. The smallest absolute Gasteiger partial charge is 0.191 e. The molecule has 0 aromatic heterocycles. The predicted molar refractivity (Wildman–Crippen MR) is 69.6 cm³/mol. The van der Waals surface area contributed by atoms with E-state index in [4.69, 9.17) is 5.26 Å². The summed E-state index contributed by atoms with van der Waals surface area (Å²) >= 11 is 0. The third-order valence-corrected chi connectivity index (χ3v) is 2.19. The standard InChI is InChI=1S/C13H18N4/c1-3-15-13(16-4-2)17-10-12-7-5-11(9-14)6-8-12/h5-8H,3-4,10H2,1-2H3,(H2,15,16,17). The van der Waals surface area contributed by atoms with E-state index in [-0.39, 0.29) is 0 Å². The molecule has 1 rings (SSSR count). The van der Waals surface area contributed by atoms with Crippen molar-refractivity contribution >= 4 is 5.96 Å². The number of rotatable bonds is 4. The fourth-order valence-corrected chi connectivity index (χ4v) is 1.36. The molecule has 17 heavy (non-hydrogen) atoms. The monoisotopic (exact) mass is 230 g/mol. The van der Waals surface area contributed by atoms with E-state index >= 15 is 0 Å². The van der Waals surface area contributed by atoms with Gasteiger partial charge in [0.25, 0.3) is 0 Å². The van der Waals surface area contributed by atoms with E-state index in [0.717, 1.165) is 24.6 Å². The van der Waals surface area contributed by atoms with Crippen LogP contribution >= 0.6 is 0 Å². The van der Waals surface area contributed by atoms with Crippen LogP contribution in [0.15, 0.2) is 29.3 Å². The van der Waals surface area contributed by atoms with Crippen molar-refractivity contribution in [3.05, 3.63) is 35.4 Å². The van der Waals surface area contributed by atoms with Gasteiger partial charge in [-0.15, -0.1) is 0 Å². The Morgan fingerprint density at radius 1 is 1.18 bits per heavy atom. The summed E-state index contributed by atoms with van der Waals surface area (Å²) in [5, 5.41) is 15.0. The molecule has 0 aliphatic carbocycles. The van der Waals surface area contributed by atoms with Gasteiger partial charge in [-0.05, 0) is 31.5 Å². The van der Waals surface area contributed by atoms with Crippen LogP contribution in [-0.4, -0.2) is 19.0 Å². The second-order valence-electron chi connectivity index (χ2n) is 3.53. The number of hydrogen-bond acceptors (Lipinski definition) is 2. The van der Waals surface area contributed by atoms with E-state index in [2.05, 4.69) is 21.7 Å². The summed E-state index contributed by atoms with van der Waals surface area (Å²) in [7, 11) is 0. The molecule has 0 unspecified atom stereocenters. The van der Waals surface area contributed by atoms with Crippen LogP contribution in [0.2, 0.25) is 0 Å². The number of hydrogen-bond donors (Lipinski definition) is 2. The van der Waals surface area contributed by atoms with Gasteiger partial charge in [0.1, 0.15) is 0 Å². The molecule has 0 atom stereocenters. The number of benzene rings is 1. The number of aliphatic imine (C=N–C) groups is 1. The summed E-state index contributed by atoms with van der Waals surface area (Å²) in [6, 6.07) is 9.58. The van der Waals surface area contributed by atoms with Gasteiger partial charge in [-0.1, -0.05) is 12.1 Å². The summed E-state index contributed by atoms with van der Waals surface area (Å²) in [6.45, 7) is 6.38. The molecule has 2 N–H and O–H groups in total. The number of guanidine groups is 1. The molecular formula is C13H18N4. The van der Waals surface area contributed by atoms with Crippen LogP contribution in [0.4, 0.5) is 0 Å². The molecule has 0 fully saturated rings. The molecule has 0 amide bonds. The molecule has 0 aliphatic heterocycles. The van der Waals surface area contributed by atoms with Gasteiger partial charge >= 0.3 is 0 Å². The van der Waals surface area contributed by atoms with Gasteiger partial charge < -0.3 is 10.6 Å². The van der Waals surface area contributed by atoms with Crippen molar-refractivity contribution in [1.29, 1.82) is 5.26 Å². The Balaban J connectivity index is 2.62. The van der Waals surface area contributed by atoms with Crippen molar-refractivity contribution < 1.29 is 0 Å². The van der Waals surface area contributed by atoms with Gasteiger partial charge in [-0.3, -0.25) is 0 Å². The Morgan fingerprint density at radius 3 is 2.24 bits per heavy atom. The molecule has 1 aromatic carbocycles. The largest absolute Gasteiger partial charge is 0.357 e. The molecule has 0 saturated carbocycles. The van der Waals surface area contributed by atoms with Gasteiger partial charge in [-0.2, -0.15) is 5.26 Å². The molecule has 1 aromatic rings. The molecule has 4 nitrogen and oxygen atoms in total. The number of nitrogens with zero attached hydrogens (tertiary/aromatic N) is 2. The highest BCUT2D eigenvalue weighted by Gasteiger charge is 1.96. The summed E-state index contributed by atoms with van der Waals surface area (Å²) in [4.78, 5) is 4.44. The van der Waals surface area contributed by atoms with Crippen LogP contribution < -0.4 is 10.6 Å². The van der Waals surface area contributed by atoms with Crippen molar-refractivity contribution in [2.24, 2.45) is 4.99 Å². The Morgan fingerprint density at radius 2 is 1.76 bits per heavy atom. The zero-order chi connectivity index (χ0) is 12.5. The Hall–Kier alpha value is -2.02. The molecule has 4 heteroatoms. The van der Waals surface area contributed by atoms with Crippen LogP contribution in [0.5, 0.6) is 0 Å². The molecule has 90 valence electrons. The lowest BCUT2D eigenvalue weighted by Crippen LogP contribution is -2.36. The van der Waals surface area contributed by atoms with Crippen LogP contribution in [0, 0.1) is 11.3 Å². The molecule has 0 spiro atoms. The maximum Gasteiger partial charge on any atom is 0.191 e. The highest BCUT2D eigenvalue weighted by molar-refractivity contribution is 5.79. The molecule has 0 heterocycles. The highest BCUT2D eigenvalue weighted by Crippen LogP contribution is 2.04. The van der Waals surface area contributed by atoms with Gasteiger partial charge in [-0.25, -0.2) is 4.99 Å². The molecule has 0 bridgehead atoms. The van der Waals surface area contributed by atoms with E-state index in [1.165, 1.54) is 0 Å². The minimum absolute atomic E-state index is 0.612. The Kier molecular flexibility index (Phi) is 5.59. The average Bonchev–Trinajstić information content (AvgIpc) is 2.37. The van der Waals surface area contributed by atoms with E-state index in [1.807, 2.05) is 38.1 Å². The fraction of sp³-hybridized carbons (Fsp3) is 0.385. The summed E-state index contributed by atoms with van der Waals surface area (Å²) in [5.41, 5.74) is 1.77. The number of nitriles is 1. The minimum Gasteiger partial charge on any atom is -0.357 e. The lowest BCUT2D eigenvalue weighted by Gasteiger charge is -2.08. The SMILES string of the molecule is CCNC(=NCc1ccc(C#N)cc1)NCC. The first kappa shape index (κ1) is 13.0. The lowest BCUT2D eigenvalue weighted by atomic mass is 10.1. The van der Waals surface area contributed by atoms with Crippen molar-refractivity contribution in [2.75, 3.05) is 13.1 Å². The van der Waals surface area contributed by atoms with Crippen LogP contribution in [0.25, 0.3) is 0 Å². The Bertz CT molecular complexity index is 392. The third-order valence-electron chi connectivity index (χ3n) is 2.19. The number of nitrogens with one attached hydrogen (secondary N) is 2. The van der Waals surface area contributed by atoms with Gasteiger partial charge in [0.15, 0.2) is 5.96 Å². The van der Waals surface area contributed by atoms with Gasteiger partial charge in [0, 0.05) is 13.1 Å². The van der Waals surface area contributed by atoms with Gasteiger partial charge in [0.2, 0.25) is 0 Å². The highest BCUT2D eigenvalue weighted by atomic mass is 15.2. The zero-order valence-corrected chi connectivity index (χ0v) is 10.3. The van der Waals surface area contributed by atoms with Gasteiger partial charge in [0.05, 0.1) is 18.2 Å². The molecule has 0 saturated heterocycles. The maximum absolute atomic E-state index is 8.69. The predicted octanol–water partition coefficient (Wildman–Crippen LogP) is 1.63. The summed E-state index contributed by atoms with van der Waals surface area (Å²) in [6.07, 6.45) is 0. The Labute approximate surface area is 102 Å². The molecule has 0 aliphatic rings. The van der Waals surface area contributed by atoms with Crippen molar-refractivity contribution in [1.82, 2.24) is 10.6 Å². The van der Waals surface area contributed by atoms with E-state index in [9.17, 15) is 0 Å². The van der Waals surface area contributed by atoms with Crippen molar-refractivity contribution in [3.8, 4) is 6.07 Å². The maximum atomic E-state index is 8.69. The first-order chi connectivity index (χ1) is 8.30. The molecule has 0 radical (unpaired) electrons. The second kappa shape index (κ2) is 7.29. The van der Waals surface area contributed by atoms with E-state index in [1.54, 1.807) is 0 Å². The van der Waals surface area contributed by atoms with Crippen molar-refractivity contribution in [3.63, 3.8) is 0 Å². The zero-order valence-electron chi connectivity index (χ0n) is 10.3. The normalized spacial score (nSPS) is 9.24. The van der Waals surface area contributed by atoms with E-state index < -0.39 is 0 Å². The quantitative estimate of drug-likeness (QED) is 0.610. The lowest BCUT2D eigenvalue weighted by molar-refractivity contribution is 0.839. The first-order valence-corrected chi connectivity index (χ1v) is 5.81. The van der Waals surface area contributed by atoms with E-state index in [0.29, 0.717) is 12.1 Å². The first-order valence-electron chi connectivity index (χ1n) is 5.81. The molecular weight excluding hydrogens is 212 g/mol. The fourth-order valence-electron chi connectivity index (χ4n) is 1.36. The minimum atomic E-state index is 0.612. The second-order valence-corrected chi connectivity index (χ2v) is 3.53. The topological polar surface area (TPSA) is 60.2 Å². The van der Waals surface area contributed by atoms with Crippen LogP contribution in [-0.2, 0) is 6.54 Å². The summed E-state index contributed by atoms with van der Waals surface area (Å²) in [5.74, 6) is 0.819. The third kappa shape index (κ3) is 4.56. The van der Waals surface area contributed by atoms with Crippen LogP contribution in [0.3, 0.4) is 0 Å².